The van der Waals surface area contributed by atoms with Crippen molar-refractivity contribution in [2.24, 2.45) is 17.8 Å². The van der Waals surface area contributed by atoms with Crippen molar-refractivity contribution in [3.05, 3.63) is 0 Å². The average molecular weight is 606 g/mol. The third-order valence-corrected chi connectivity index (χ3v) is 9.91. The molecule has 3 heterocycles. The van der Waals surface area contributed by atoms with Crippen molar-refractivity contribution in [1.82, 2.24) is 25.8 Å². The Hall–Kier alpha value is -0.630. The van der Waals surface area contributed by atoms with Gasteiger partial charge in [0.1, 0.15) is 18.1 Å². The van der Waals surface area contributed by atoms with Gasteiger partial charge in [0.15, 0.2) is 0 Å². The van der Waals surface area contributed by atoms with Gasteiger partial charge in [0, 0.05) is 65.3 Å². The minimum Gasteiger partial charge on any atom is -0.393 e. The van der Waals surface area contributed by atoms with E-state index in [1.165, 1.54) is 12.8 Å². The molecule has 0 bridgehead atoms. The van der Waals surface area contributed by atoms with Crippen molar-refractivity contribution in [3.8, 4) is 0 Å². The molecule has 1 amide bonds. The molecular weight excluding hydrogens is 553 g/mol. The summed E-state index contributed by atoms with van der Waals surface area (Å²) in [5, 5.41) is 38.5. The van der Waals surface area contributed by atoms with Crippen LogP contribution in [0.3, 0.4) is 0 Å². The smallest absolute Gasteiger partial charge is 0.222 e. The first-order chi connectivity index (χ1) is 19.8. The Labute approximate surface area is 249 Å². The third kappa shape index (κ3) is 10.2. The molecule has 3 unspecified atom stereocenters. The number of ether oxygens (including phenoxy) is 1. The Morgan fingerprint density at radius 1 is 1.05 bits per heavy atom. The fraction of sp³-hybridized carbons (Fsp3) is 0.966. The molecule has 4 atom stereocenters. The van der Waals surface area contributed by atoms with Crippen molar-refractivity contribution >= 4 is 17.5 Å². The summed E-state index contributed by atoms with van der Waals surface area (Å²) in [5.74, 6) is 0.743. The number of hydrogen-bond acceptors (Lipinski definition) is 9. The van der Waals surface area contributed by atoms with E-state index in [1.807, 2.05) is 4.90 Å². The molecule has 3 saturated heterocycles. The van der Waals surface area contributed by atoms with Gasteiger partial charge in [-0.15, -0.1) is 11.6 Å². The molecule has 0 aromatic heterocycles. The maximum absolute atomic E-state index is 15.0. The summed E-state index contributed by atoms with van der Waals surface area (Å²) < 4.78 is 21.1. The van der Waals surface area contributed by atoms with Gasteiger partial charge in [0.2, 0.25) is 5.91 Å². The van der Waals surface area contributed by atoms with E-state index in [2.05, 4.69) is 20.9 Å². The van der Waals surface area contributed by atoms with Crippen LogP contribution in [0.2, 0.25) is 0 Å². The lowest BCUT2D eigenvalue weighted by Crippen LogP contribution is -2.62. The number of nitrogens with zero attached hydrogens (tertiary/aromatic N) is 2. The van der Waals surface area contributed by atoms with Crippen molar-refractivity contribution < 1.29 is 29.2 Å². The van der Waals surface area contributed by atoms with Crippen LogP contribution in [-0.4, -0.2) is 133 Å². The topological polar surface area (TPSA) is 130 Å². The van der Waals surface area contributed by atoms with Crippen molar-refractivity contribution in [1.29, 1.82) is 0 Å². The molecule has 6 N–H and O–H groups in total. The molecule has 238 valence electrons. The molecule has 4 rings (SSSR count). The van der Waals surface area contributed by atoms with Gasteiger partial charge in [-0.25, -0.2) is 4.39 Å². The minimum atomic E-state index is -1.54. The summed E-state index contributed by atoms with van der Waals surface area (Å²) in [6.45, 7) is 5.46. The lowest BCUT2D eigenvalue weighted by atomic mass is 9.83. The molecule has 0 spiro atoms. The van der Waals surface area contributed by atoms with E-state index in [-0.39, 0.29) is 48.5 Å². The van der Waals surface area contributed by atoms with Crippen LogP contribution in [0.1, 0.15) is 57.8 Å². The largest absolute Gasteiger partial charge is 0.393 e. The zero-order chi connectivity index (χ0) is 29.2. The van der Waals surface area contributed by atoms with Gasteiger partial charge >= 0.3 is 0 Å². The normalized spacial score (nSPS) is 32.5. The highest BCUT2D eigenvalue weighted by Gasteiger charge is 2.35. The van der Waals surface area contributed by atoms with E-state index >= 15 is 4.39 Å². The fourth-order valence-corrected chi connectivity index (χ4v) is 6.96. The van der Waals surface area contributed by atoms with Gasteiger partial charge in [-0.1, -0.05) is 0 Å². The highest BCUT2D eigenvalue weighted by atomic mass is 35.5. The zero-order valence-corrected chi connectivity index (χ0v) is 25.2. The predicted octanol–water partition coefficient (Wildman–Crippen LogP) is 0.630. The Kier molecular flexibility index (Phi) is 13.3. The second kappa shape index (κ2) is 16.4. The number of nitrogens with one attached hydrogen (secondary N) is 3. The first kappa shape index (κ1) is 33.3. The van der Waals surface area contributed by atoms with Gasteiger partial charge in [-0.3, -0.25) is 20.3 Å². The first-order valence-corrected chi connectivity index (χ1v) is 16.3. The highest BCUT2D eigenvalue weighted by molar-refractivity contribution is 6.21. The number of hydrogen-bond donors (Lipinski definition) is 6. The monoisotopic (exact) mass is 605 g/mol. The molecule has 4 aliphatic rings. The van der Waals surface area contributed by atoms with Gasteiger partial charge < -0.3 is 30.3 Å². The first-order valence-electron chi connectivity index (χ1n) is 15.8. The SMILES string of the molecule is O=C(CC1CCC(OCCCC2CCN(C3NCC(Cl)CN3)CC2)CC1F)N1CC[C@H](CNCC(O)(CO)CO)C1. The molecule has 10 nitrogen and oxygen atoms in total. The molecule has 12 heteroatoms. The molecule has 3 aliphatic heterocycles. The molecule has 0 aromatic carbocycles. The van der Waals surface area contributed by atoms with Crippen molar-refractivity contribution in [3.63, 3.8) is 0 Å². The second-order valence-electron chi connectivity index (χ2n) is 12.9. The van der Waals surface area contributed by atoms with E-state index in [0.29, 0.717) is 39.1 Å². The predicted molar refractivity (Wildman–Crippen MR) is 156 cm³/mol. The summed E-state index contributed by atoms with van der Waals surface area (Å²) in [6.07, 6.45) is 6.71. The molecular formula is C29H53ClFN5O5. The molecule has 1 aliphatic carbocycles. The van der Waals surface area contributed by atoms with Gasteiger partial charge in [-0.05, 0) is 69.2 Å². The number of carbonyl (C=O) groups excluding carboxylic acids is 1. The third-order valence-electron chi connectivity index (χ3n) is 9.60. The quantitative estimate of drug-likeness (QED) is 0.125. The lowest BCUT2D eigenvalue weighted by molar-refractivity contribution is -0.132. The number of aliphatic hydroxyl groups is 3. The Morgan fingerprint density at radius 2 is 1.76 bits per heavy atom. The Balaban J connectivity index is 1.04. The van der Waals surface area contributed by atoms with Gasteiger partial charge in [-0.2, -0.15) is 0 Å². The van der Waals surface area contributed by atoms with Crippen LogP contribution in [0.5, 0.6) is 0 Å². The zero-order valence-electron chi connectivity index (χ0n) is 24.5. The number of halogens is 2. The number of alkyl halides is 2. The number of aliphatic hydroxyl groups excluding tert-OH is 2. The van der Waals surface area contributed by atoms with Crippen molar-refractivity contribution in [2.45, 2.75) is 87.3 Å². The van der Waals surface area contributed by atoms with Crippen LogP contribution < -0.4 is 16.0 Å². The molecule has 1 saturated carbocycles. The Bertz CT molecular complexity index is 783. The fourth-order valence-electron chi connectivity index (χ4n) is 6.78. The molecule has 41 heavy (non-hydrogen) atoms. The number of piperidine rings is 1. The maximum atomic E-state index is 15.0. The number of amides is 1. The van der Waals surface area contributed by atoms with E-state index < -0.39 is 25.0 Å². The van der Waals surface area contributed by atoms with Crippen LogP contribution in [0.25, 0.3) is 0 Å². The van der Waals surface area contributed by atoms with Gasteiger partial charge in [0.25, 0.3) is 0 Å². The van der Waals surface area contributed by atoms with Crippen LogP contribution in [0.4, 0.5) is 4.39 Å². The van der Waals surface area contributed by atoms with E-state index in [4.69, 9.17) is 16.3 Å². The number of likely N-dealkylation sites (tertiary alicyclic amines) is 2. The van der Waals surface area contributed by atoms with Crippen molar-refractivity contribution in [2.75, 3.05) is 72.2 Å². The standard InChI is InChI=1S/C29H53ClFN5O5/c30-24-15-33-28(34-16-24)35-8-5-21(6-9-35)2-1-11-41-25-4-3-23(26(31)13-25)12-27(39)36-10-7-22(17-36)14-32-18-29(40,19-37)20-38/h21-26,28,32-34,37-38,40H,1-20H2/t22-,23?,24?,25?,26?,28?/m1/s1. The number of rotatable bonds is 14. The molecule has 4 fully saturated rings. The Morgan fingerprint density at radius 3 is 2.44 bits per heavy atom. The maximum Gasteiger partial charge on any atom is 0.222 e. The average Bonchev–Trinajstić information content (AvgIpc) is 3.46. The van der Waals surface area contributed by atoms with Crippen LogP contribution in [0.15, 0.2) is 0 Å². The second-order valence-corrected chi connectivity index (χ2v) is 13.5. The number of carbonyl (C=O) groups is 1. The highest BCUT2D eigenvalue weighted by Crippen LogP contribution is 2.33. The van der Waals surface area contributed by atoms with E-state index in [1.54, 1.807) is 0 Å². The summed E-state index contributed by atoms with van der Waals surface area (Å²) in [7, 11) is 0. The minimum absolute atomic E-state index is 0.0195. The van der Waals surface area contributed by atoms with E-state index in [0.717, 1.165) is 57.8 Å². The lowest BCUT2D eigenvalue weighted by Gasteiger charge is -2.41. The summed E-state index contributed by atoms with van der Waals surface area (Å²) in [5.41, 5.74) is -1.54. The van der Waals surface area contributed by atoms with Crippen LogP contribution in [0, 0.1) is 17.8 Å². The summed E-state index contributed by atoms with van der Waals surface area (Å²) >= 11 is 6.16. The van der Waals surface area contributed by atoms with Crippen LogP contribution in [-0.2, 0) is 9.53 Å². The molecule has 0 radical (unpaired) electrons. The summed E-state index contributed by atoms with van der Waals surface area (Å²) in [4.78, 5) is 17.2. The van der Waals surface area contributed by atoms with Gasteiger partial charge in [0.05, 0.1) is 24.7 Å². The van der Waals surface area contributed by atoms with E-state index in [9.17, 15) is 20.1 Å². The molecule has 0 aromatic rings. The van der Waals surface area contributed by atoms with Crippen LogP contribution >= 0.6 is 11.6 Å². The summed E-state index contributed by atoms with van der Waals surface area (Å²) in [6, 6.07) is 0.